The van der Waals surface area contributed by atoms with Gasteiger partial charge in [-0.15, -0.1) is 0 Å². The summed E-state index contributed by atoms with van der Waals surface area (Å²) in [7, 11) is 0. The van der Waals surface area contributed by atoms with Crippen LogP contribution >= 0.6 is 11.6 Å². The van der Waals surface area contributed by atoms with Crippen molar-refractivity contribution in [2.45, 2.75) is 0 Å². The van der Waals surface area contributed by atoms with E-state index in [1.165, 1.54) is 24.3 Å². The molecule has 3 rings (SSSR count). The Kier molecular flexibility index (Phi) is 3.03. The van der Waals surface area contributed by atoms with Crippen molar-refractivity contribution in [3.63, 3.8) is 0 Å². The molecule has 4 nitrogen and oxygen atoms in total. The van der Waals surface area contributed by atoms with Gasteiger partial charge < -0.3 is 10.2 Å². The second kappa shape index (κ2) is 4.75. The predicted octanol–water partition coefficient (Wildman–Crippen LogP) is 3.24. The van der Waals surface area contributed by atoms with Crippen molar-refractivity contribution in [3.05, 3.63) is 64.2 Å². The zero-order chi connectivity index (χ0) is 15.1. The molecule has 1 aliphatic carbocycles. The molecule has 21 heavy (non-hydrogen) atoms. The highest BCUT2D eigenvalue weighted by atomic mass is 35.5. The Morgan fingerprint density at radius 2 is 1.52 bits per heavy atom. The molecule has 2 N–H and O–H groups in total. The molecule has 1 aliphatic rings. The maximum atomic E-state index is 12.2. The number of allylic oxidation sites excluding steroid dienone is 1. The summed E-state index contributed by atoms with van der Waals surface area (Å²) in [6, 6.07) is 10.4. The largest absolute Gasteiger partial charge is 0.506 e. The fourth-order valence-electron chi connectivity index (χ4n) is 2.30. The number of fused-ring (bicyclic) bond motifs is 1. The molecule has 2 aromatic carbocycles. The van der Waals surface area contributed by atoms with Crippen LogP contribution in [0.5, 0.6) is 5.75 Å². The van der Waals surface area contributed by atoms with Gasteiger partial charge in [0.25, 0.3) is 0 Å². The van der Waals surface area contributed by atoms with Gasteiger partial charge in [-0.2, -0.15) is 0 Å². The molecule has 104 valence electrons. The Balaban J connectivity index is 2.28. The van der Waals surface area contributed by atoms with Gasteiger partial charge >= 0.3 is 0 Å². The van der Waals surface area contributed by atoms with Gasteiger partial charge in [-0.05, 0) is 17.7 Å². The third-order valence-electron chi connectivity index (χ3n) is 3.33. The fraction of sp³-hybridized carbons (Fsp3) is 0. The molecule has 0 unspecified atom stereocenters. The van der Waals surface area contributed by atoms with E-state index in [4.69, 9.17) is 11.6 Å². The highest BCUT2D eigenvalue weighted by Gasteiger charge is 2.33. The number of carbonyl (C=O) groups excluding carboxylic acids is 2. The molecule has 0 saturated carbocycles. The Morgan fingerprint density at radius 1 is 0.857 bits per heavy atom. The first kappa shape index (κ1) is 13.4. The molecule has 0 spiro atoms. The molecular weight excluding hydrogens is 292 g/mol. The Morgan fingerprint density at radius 3 is 2.19 bits per heavy atom. The van der Waals surface area contributed by atoms with Gasteiger partial charge in [-0.3, -0.25) is 9.59 Å². The molecule has 0 aromatic heterocycles. The topological polar surface area (TPSA) is 74.6 Å². The Labute approximate surface area is 124 Å². The molecule has 5 heteroatoms. The van der Waals surface area contributed by atoms with Gasteiger partial charge in [-0.1, -0.05) is 41.9 Å². The maximum absolute atomic E-state index is 12.2. The smallest absolute Gasteiger partial charge is 0.237 e. The number of phenols is 1. The number of hydrogen-bond acceptors (Lipinski definition) is 4. The van der Waals surface area contributed by atoms with Crippen LogP contribution < -0.4 is 0 Å². The van der Waals surface area contributed by atoms with E-state index < -0.39 is 11.6 Å². The molecular formula is C16H9ClO4. The normalized spacial score (nSPS) is 14.3. The van der Waals surface area contributed by atoms with Gasteiger partial charge in [-0.25, -0.2) is 0 Å². The van der Waals surface area contributed by atoms with Crippen LogP contribution in [0.2, 0.25) is 5.02 Å². The number of halogens is 1. The number of benzene rings is 2. The fourth-order valence-corrected chi connectivity index (χ4v) is 2.48. The number of aliphatic hydroxyl groups excluding tert-OH is 1. The molecule has 0 radical (unpaired) electrons. The zero-order valence-corrected chi connectivity index (χ0v) is 11.4. The first-order valence-corrected chi connectivity index (χ1v) is 6.49. The van der Waals surface area contributed by atoms with Gasteiger partial charge in [0.15, 0.2) is 0 Å². The van der Waals surface area contributed by atoms with Crippen molar-refractivity contribution in [2.75, 3.05) is 0 Å². The lowest BCUT2D eigenvalue weighted by atomic mass is 9.85. The summed E-state index contributed by atoms with van der Waals surface area (Å²) < 4.78 is 0. The first-order chi connectivity index (χ1) is 10.0. The monoisotopic (exact) mass is 300 g/mol. The lowest BCUT2D eigenvalue weighted by molar-refractivity contribution is -0.110. The maximum Gasteiger partial charge on any atom is 0.237 e. The lowest BCUT2D eigenvalue weighted by Gasteiger charge is -2.18. The minimum Gasteiger partial charge on any atom is -0.506 e. The minimum absolute atomic E-state index is 0.0342. The van der Waals surface area contributed by atoms with E-state index in [2.05, 4.69) is 0 Å². The second-order valence-electron chi connectivity index (χ2n) is 4.59. The summed E-state index contributed by atoms with van der Waals surface area (Å²) in [4.78, 5) is 24.3. The highest BCUT2D eigenvalue weighted by Crippen LogP contribution is 2.35. The summed E-state index contributed by atoms with van der Waals surface area (Å²) in [5, 5.41) is 19.8. The number of aliphatic hydroxyl groups is 1. The van der Waals surface area contributed by atoms with Crippen molar-refractivity contribution in [3.8, 4) is 5.75 Å². The molecule has 0 saturated heterocycles. The van der Waals surface area contributed by atoms with E-state index in [9.17, 15) is 19.8 Å². The summed E-state index contributed by atoms with van der Waals surface area (Å²) in [6.45, 7) is 0. The van der Waals surface area contributed by atoms with Crippen LogP contribution in [0.25, 0.3) is 11.3 Å². The number of aromatic hydroxyl groups is 1. The quantitative estimate of drug-likeness (QED) is 0.793. The number of hydrogen-bond donors (Lipinski definition) is 2. The summed E-state index contributed by atoms with van der Waals surface area (Å²) in [5.74, 6) is -1.89. The van der Waals surface area contributed by atoms with Crippen LogP contribution in [0, 0.1) is 0 Å². The summed E-state index contributed by atoms with van der Waals surface area (Å²) in [6.07, 6.45) is 0. The van der Waals surface area contributed by atoms with Crippen molar-refractivity contribution in [1.82, 2.24) is 0 Å². The third-order valence-corrected chi connectivity index (χ3v) is 3.64. The van der Waals surface area contributed by atoms with E-state index in [0.29, 0.717) is 5.56 Å². The van der Waals surface area contributed by atoms with Gasteiger partial charge in [0.1, 0.15) is 11.5 Å². The molecule has 2 aromatic rings. The number of Topliss-reactive ketones (excluding diaryl/α,β-unsaturated/α-hetero) is 2. The number of phenolic OH excluding ortho intramolecular Hbond substituents is 1. The molecule has 0 fully saturated rings. The van der Waals surface area contributed by atoms with Gasteiger partial charge in [0, 0.05) is 11.1 Å². The Hall–Kier alpha value is -2.59. The number of rotatable bonds is 1. The standard InChI is InChI=1S/C16H9ClO4/c17-11-7-8(5-6-12(11)18)13-14(19)9-3-1-2-4-10(9)15(20)16(13)21/h1-7,18-19H. The summed E-state index contributed by atoms with van der Waals surface area (Å²) >= 11 is 5.81. The molecule has 0 bridgehead atoms. The van der Waals surface area contributed by atoms with E-state index in [1.807, 2.05) is 0 Å². The minimum atomic E-state index is -0.798. The van der Waals surface area contributed by atoms with Crippen LogP contribution in [0.4, 0.5) is 0 Å². The van der Waals surface area contributed by atoms with Crippen molar-refractivity contribution >= 4 is 34.5 Å². The van der Waals surface area contributed by atoms with Crippen LogP contribution in [0.3, 0.4) is 0 Å². The predicted molar refractivity (Wildman–Crippen MR) is 78.3 cm³/mol. The van der Waals surface area contributed by atoms with Crippen LogP contribution in [-0.2, 0) is 4.79 Å². The van der Waals surface area contributed by atoms with E-state index in [1.54, 1.807) is 18.2 Å². The van der Waals surface area contributed by atoms with Crippen molar-refractivity contribution < 1.29 is 19.8 Å². The highest BCUT2D eigenvalue weighted by molar-refractivity contribution is 6.62. The van der Waals surface area contributed by atoms with Gasteiger partial charge in [0.05, 0.1) is 10.6 Å². The molecule has 0 heterocycles. The van der Waals surface area contributed by atoms with E-state index >= 15 is 0 Å². The van der Waals surface area contributed by atoms with Crippen molar-refractivity contribution in [2.24, 2.45) is 0 Å². The van der Waals surface area contributed by atoms with E-state index in [0.717, 1.165) is 0 Å². The van der Waals surface area contributed by atoms with Crippen LogP contribution in [0.1, 0.15) is 21.5 Å². The third kappa shape index (κ3) is 2.00. The lowest BCUT2D eigenvalue weighted by Crippen LogP contribution is -2.23. The molecule has 0 atom stereocenters. The molecule has 0 aliphatic heterocycles. The van der Waals surface area contributed by atoms with Crippen LogP contribution in [0.15, 0.2) is 42.5 Å². The summed E-state index contributed by atoms with van der Waals surface area (Å²) in [5.41, 5.74) is 0.652. The SMILES string of the molecule is O=C1C(=O)c2ccccc2C(O)=C1c1ccc(O)c(Cl)c1. The van der Waals surface area contributed by atoms with Gasteiger partial charge in [0.2, 0.25) is 11.6 Å². The first-order valence-electron chi connectivity index (χ1n) is 6.11. The number of ketones is 2. The second-order valence-corrected chi connectivity index (χ2v) is 5.00. The van der Waals surface area contributed by atoms with Crippen molar-refractivity contribution in [1.29, 1.82) is 0 Å². The average Bonchev–Trinajstić information content (AvgIpc) is 2.49. The average molecular weight is 301 g/mol. The molecule has 0 amide bonds. The Bertz CT molecular complexity index is 821. The van der Waals surface area contributed by atoms with Crippen LogP contribution in [-0.4, -0.2) is 21.8 Å². The number of carbonyl (C=O) groups is 2. The zero-order valence-electron chi connectivity index (χ0n) is 10.6. The van der Waals surface area contributed by atoms with E-state index in [-0.39, 0.29) is 33.2 Å².